The van der Waals surface area contributed by atoms with Crippen molar-refractivity contribution in [2.24, 2.45) is 0 Å². The molecule has 76 valence electrons. The number of anilines is 1. The van der Waals surface area contributed by atoms with Gasteiger partial charge >= 0.3 is 0 Å². The molecule has 0 amide bonds. The molecule has 0 radical (unpaired) electrons. The molecule has 0 saturated heterocycles. The normalized spacial score (nSPS) is 24.4. The summed E-state index contributed by atoms with van der Waals surface area (Å²) in [7, 11) is 0. The zero-order valence-corrected chi connectivity index (χ0v) is 10.6. The second kappa shape index (κ2) is 4.51. The van der Waals surface area contributed by atoms with Crippen molar-refractivity contribution in [3.63, 3.8) is 0 Å². The molecule has 2 unspecified atom stereocenters. The highest BCUT2D eigenvalue weighted by atomic mass is 127. The van der Waals surface area contributed by atoms with Crippen LogP contribution in [0.4, 0.5) is 5.69 Å². The summed E-state index contributed by atoms with van der Waals surface area (Å²) < 4.78 is 0.580. The molecule has 0 saturated carbocycles. The predicted octanol–water partition coefficient (Wildman–Crippen LogP) is 4.15. The number of nitrogens with one attached hydrogen (secondary N) is 1. The van der Waals surface area contributed by atoms with Crippen LogP contribution in [0.25, 0.3) is 0 Å². The van der Waals surface area contributed by atoms with E-state index in [0.29, 0.717) is 9.97 Å². The lowest BCUT2D eigenvalue weighted by molar-refractivity contribution is 0.613. The molecular formula is C12H16IN. The fourth-order valence-electron chi connectivity index (χ4n) is 2.08. The minimum atomic E-state index is 0.580. The number of para-hydroxylation sites is 1. The lowest BCUT2D eigenvalue weighted by Gasteiger charge is -2.13. The molecule has 1 nitrogen and oxygen atoms in total. The first-order valence-corrected chi connectivity index (χ1v) is 6.57. The molecule has 2 heteroatoms. The molecule has 1 aliphatic rings. The second-order valence-corrected chi connectivity index (χ2v) is 5.22. The van der Waals surface area contributed by atoms with Gasteiger partial charge in [0.25, 0.3) is 0 Å². The van der Waals surface area contributed by atoms with Crippen LogP contribution in [0.3, 0.4) is 0 Å². The zero-order chi connectivity index (χ0) is 9.97. The van der Waals surface area contributed by atoms with Gasteiger partial charge in [-0.25, -0.2) is 0 Å². The van der Waals surface area contributed by atoms with Crippen molar-refractivity contribution in [1.29, 1.82) is 0 Å². The van der Waals surface area contributed by atoms with E-state index in [0.717, 1.165) is 0 Å². The summed E-state index contributed by atoms with van der Waals surface area (Å²) >= 11 is 2.52. The fraction of sp³-hybridized carbons (Fsp3) is 0.500. The lowest BCUT2D eigenvalue weighted by atomic mass is 9.96. The molecule has 0 fully saturated rings. The Morgan fingerprint density at radius 3 is 2.93 bits per heavy atom. The van der Waals surface area contributed by atoms with Gasteiger partial charge in [0.2, 0.25) is 0 Å². The molecule has 2 rings (SSSR count). The number of halogens is 1. The van der Waals surface area contributed by atoms with Crippen LogP contribution < -0.4 is 5.32 Å². The second-order valence-electron chi connectivity index (χ2n) is 3.88. The van der Waals surface area contributed by atoms with Gasteiger partial charge in [0.15, 0.2) is 0 Å². The number of alkyl halides is 1. The van der Waals surface area contributed by atoms with E-state index in [9.17, 15) is 0 Å². The predicted molar refractivity (Wildman–Crippen MR) is 70.1 cm³/mol. The van der Waals surface area contributed by atoms with Gasteiger partial charge in [-0.2, -0.15) is 0 Å². The van der Waals surface area contributed by atoms with Crippen molar-refractivity contribution in [3.8, 4) is 0 Å². The van der Waals surface area contributed by atoms with Crippen molar-refractivity contribution in [2.45, 2.75) is 36.2 Å². The summed E-state index contributed by atoms with van der Waals surface area (Å²) in [5.41, 5.74) is 2.85. The van der Waals surface area contributed by atoms with Crippen LogP contribution >= 0.6 is 22.6 Å². The first-order valence-electron chi connectivity index (χ1n) is 5.32. The Morgan fingerprint density at radius 1 is 1.36 bits per heavy atom. The summed E-state index contributed by atoms with van der Waals surface area (Å²) in [6.45, 7) is 2.26. The van der Waals surface area contributed by atoms with Crippen molar-refractivity contribution in [2.75, 3.05) is 5.32 Å². The number of fused-ring (bicyclic) bond motifs is 1. The Bertz CT molecular complexity index is 311. The van der Waals surface area contributed by atoms with E-state index < -0.39 is 0 Å². The van der Waals surface area contributed by atoms with Crippen LogP contribution in [0.5, 0.6) is 0 Å². The van der Waals surface area contributed by atoms with Gasteiger partial charge in [0, 0.05) is 11.6 Å². The Labute approximate surface area is 99.4 Å². The third-order valence-corrected chi connectivity index (χ3v) is 4.06. The van der Waals surface area contributed by atoms with E-state index in [2.05, 4.69) is 59.1 Å². The molecule has 1 heterocycles. The van der Waals surface area contributed by atoms with Crippen LogP contribution in [0.15, 0.2) is 24.3 Å². The molecule has 0 aliphatic carbocycles. The largest absolute Gasteiger partial charge is 0.373 e. The maximum Gasteiger partial charge on any atom is 0.0850 e. The molecule has 1 aromatic carbocycles. The Balaban J connectivity index is 2.17. The minimum Gasteiger partial charge on any atom is -0.373 e. The van der Waals surface area contributed by atoms with Crippen LogP contribution in [-0.2, 0) is 0 Å². The van der Waals surface area contributed by atoms with E-state index in [1.807, 2.05) is 0 Å². The number of rotatable bonds is 3. The third-order valence-electron chi connectivity index (χ3n) is 2.88. The van der Waals surface area contributed by atoms with Crippen molar-refractivity contribution in [3.05, 3.63) is 29.8 Å². The first-order chi connectivity index (χ1) is 6.83. The quantitative estimate of drug-likeness (QED) is 0.502. The van der Waals surface area contributed by atoms with Gasteiger partial charge in [-0.3, -0.25) is 0 Å². The van der Waals surface area contributed by atoms with E-state index in [-0.39, 0.29) is 0 Å². The molecule has 0 spiro atoms. The van der Waals surface area contributed by atoms with Gasteiger partial charge in [-0.1, -0.05) is 60.6 Å². The standard InChI is InChI=1S/C12H16IN/c1-2-3-6-10-9-7-4-5-8-11(9)14-12(10)13/h4-5,7-8,10,12,14H,2-3,6H2,1H3. The maximum atomic E-state index is 3.54. The highest BCUT2D eigenvalue weighted by Gasteiger charge is 2.28. The average Bonchev–Trinajstić information content (AvgIpc) is 2.51. The summed E-state index contributed by atoms with van der Waals surface area (Å²) in [5.74, 6) is 0.715. The third kappa shape index (κ3) is 1.90. The molecule has 14 heavy (non-hydrogen) atoms. The number of hydrogen-bond acceptors (Lipinski definition) is 1. The monoisotopic (exact) mass is 301 g/mol. The first kappa shape index (κ1) is 10.3. The smallest absolute Gasteiger partial charge is 0.0850 e. The zero-order valence-electron chi connectivity index (χ0n) is 8.46. The van der Waals surface area contributed by atoms with Crippen LogP contribution in [-0.4, -0.2) is 4.05 Å². The van der Waals surface area contributed by atoms with Crippen molar-refractivity contribution >= 4 is 28.3 Å². The number of benzene rings is 1. The van der Waals surface area contributed by atoms with E-state index in [4.69, 9.17) is 0 Å². The number of unbranched alkanes of at least 4 members (excludes halogenated alkanes) is 1. The molecule has 0 aromatic heterocycles. The highest BCUT2D eigenvalue weighted by Crippen LogP contribution is 2.41. The summed E-state index contributed by atoms with van der Waals surface area (Å²) in [6.07, 6.45) is 3.94. The Hall–Kier alpha value is -0.250. The molecule has 2 atom stereocenters. The van der Waals surface area contributed by atoms with Crippen molar-refractivity contribution < 1.29 is 0 Å². The van der Waals surface area contributed by atoms with E-state index in [1.54, 1.807) is 0 Å². The maximum absolute atomic E-state index is 3.54. The average molecular weight is 301 g/mol. The van der Waals surface area contributed by atoms with Gasteiger partial charge < -0.3 is 5.32 Å². The molecule has 1 aliphatic heterocycles. The summed E-state index contributed by atoms with van der Waals surface area (Å²) in [6, 6.07) is 8.71. The van der Waals surface area contributed by atoms with Crippen LogP contribution in [0.2, 0.25) is 0 Å². The van der Waals surface area contributed by atoms with Gasteiger partial charge in [-0.05, 0) is 18.1 Å². The Morgan fingerprint density at radius 2 is 2.14 bits per heavy atom. The molecule has 0 bridgehead atoms. The van der Waals surface area contributed by atoms with E-state index >= 15 is 0 Å². The van der Waals surface area contributed by atoms with Gasteiger partial charge in [0.05, 0.1) is 4.05 Å². The fourth-order valence-corrected chi connectivity index (χ4v) is 3.17. The number of hydrogen-bond donors (Lipinski definition) is 1. The summed E-state index contributed by atoms with van der Waals surface area (Å²) in [5, 5.41) is 3.54. The van der Waals surface area contributed by atoms with Crippen molar-refractivity contribution in [1.82, 2.24) is 0 Å². The minimum absolute atomic E-state index is 0.580. The highest BCUT2D eigenvalue weighted by molar-refractivity contribution is 14.1. The van der Waals surface area contributed by atoms with Gasteiger partial charge in [-0.15, -0.1) is 0 Å². The molecule has 1 aromatic rings. The van der Waals surface area contributed by atoms with Gasteiger partial charge in [0.1, 0.15) is 0 Å². The SMILES string of the molecule is CCCCC1c2ccccc2NC1I. The Kier molecular flexibility index (Phi) is 3.31. The van der Waals surface area contributed by atoms with Crippen LogP contribution in [0, 0.1) is 0 Å². The molecular weight excluding hydrogens is 285 g/mol. The summed E-state index contributed by atoms with van der Waals surface area (Å²) in [4.78, 5) is 0. The van der Waals surface area contributed by atoms with E-state index in [1.165, 1.54) is 30.5 Å². The topological polar surface area (TPSA) is 12.0 Å². The van der Waals surface area contributed by atoms with Crippen LogP contribution in [0.1, 0.15) is 37.7 Å². The molecule has 1 N–H and O–H groups in total. The lowest BCUT2D eigenvalue weighted by Crippen LogP contribution is -2.11.